The van der Waals surface area contributed by atoms with Gasteiger partial charge in [-0.1, -0.05) is 12.6 Å². The van der Waals surface area contributed by atoms with E-state index in [4.69, 9.17) is 5.11 Å². The normalized spacial score (nSPS) is 9.23. The van der Waals surface area contributed by atoms with Crippen molar-refractivity contribution >= 4 is 5.97 Å². The van der Waals surface area contributed by atoms with Crippen LogP contribution >= 0.6 is 0 Å². The summed E-state index contributed by atoms with van der Waals surface area (Å²) in [5.74, 6) is -1.59. The third-order valence-corrected chi connectivity index (χ3v) is 1.35. The predicted molar refractivity (Wildman–Crippen MR) is 45.6 cm³/mol. The molecule has 0 unspecified atom stereocenters. The maximum absolute atomic E-state index is 10.7. The van der Waals surface area contributed by atoms with Crippen LogP contribution in [-0.2, 0) is 4.79 Å². The van der Waals surface area contributed by atoms with E-state index in [1.165, 1.54) is 18.2 Å². The number of carbonyl (C=O) groups is 1. The third kappa shape index (κ3) is 1.99. The Hall–Kier alpha value is -1.97. The van der Waals surface area contributed by atoms with Crippen LogP contribution in [0.3, 0.4) is 0 Å². The predicted octanol–water partition coefficient (Wildman–Crippen LogP) is 1.19. The molecule has 0 spiro atoms. The maximum Gasteiger partial charge on any atom is 0.335 e. The molecule has 0 aliphatic rings. The third-order valence-electron chi connectivity index (χ3n) is 1.35. The fraction of sp³-hybridized carbons (Fsp3) is 0. The molecule has 4 nitrogen and oxygen atoms in total. The number of benzene rings is 1. The van der Waals surface area contributed by atoms with E-state index in [0.717, 1.165) is 6.08 Å². The Balaban J connectivity index is 2.95. The zero-order valence-electron chi connectivity index (χ0n) is 6.73. The number of aromatic hydroxyl groups is 2. The van der Waals surface area contributed by atoms with Gasteiger partial charge in [-0.15, -0.1) is 0 Å². The molecule has 0 aliphatic carbocycles. The van der Waals surface area contributed by atoms with Crippen molar-refractivity contribution < 1.29 is 19.7 Å². The Bertz CT molecular complexity index is 343. The maximum atomic E-state index is 10.7. The van der Waals surface area contributed by atoms with Gasteiger partial charge < -0.3 is 14.9 Å². The molecule has 0 atom stereocenters. The summed E-state index contributed by atoms with van der Waals surface area (Å²) in [7, 11) is 0. The summed E-state index contributed by atoms with van der Waals surface area (Å²) in [6.45, 7) is 3.19. The fourth-order valence-electron chi connectivity index (χ4n) is 0.743. The van der Waals surface area contributed by atoms with Gasteiger partial charge in [0.05, 0.1) is 0 Å². The molecule has 13 heavy (non-hydrogen) atoms. The minimum Gasteiger partial charge on any atom is -0.504 e. The number of ether oxygens (including phenoxy) is 1. The molecular formula is C9H8O4. The van der Waals surface area contributed by atoms with Crippen LogP contribution in [-0.4, -0.2) is 16.2 Å². The lowest BCUT2D eigenvalue weighted by molar-refractivity contribution is -0.129. The van der Waals surface area contributed by atoms with E-state index in [1.54, 1.807) is 0 Å². The van der Waals surface area contributed by atoms with Gasteiger partial charge in [-0.2, -0.15) is 0 Å². The zero-order valence-corrected chi connectivity index (χ0v) is 6.73. The summed E-state index contributed by atoms with van der Waals surface area (Å²) in [6.07, 6.45) is 0.962. The number of rotatable bonds is 2. The van der Waals surface area contributed by atoms with Crippen molar-refractivity contribution in [2.45, 2.75) is 0 Å². The minimum absolute atomic E-state index is 0.0927. The van der Waals surface area contributed by atoms with Crippen LogP contribution in [0.5, 0.6) is 17.2 Å². The Labute approximate surface area is 74.7 Å². The fourth-order valence-corrected chi connectivity index (χ4v) is 0.743. The van der Waals surface area contributed by atoms with Crippen molar-refractivity contribution in [1.82, 2.24) is 0 Å². The first-order chi connectivity index (χ1) is 6.15. The van der Waals surface area contributed by atoms with Gasteiger partial charge in [0.2, 0.25) is 5.75 Å². The molecule has 0 aliphatic heterocycles. The number of esters is 1. The number of hydrogen-bond donors (Lipinski definition) is 2. The molecule has 68 valence electrons. The number of para-hydroxylation sites is 1. The summed E-state index contributed by atoms with van der Waals surface area (Å²) in [4.78, 5) is 10.7. The Kier molecular flexibility index (Phi) is 2.54. The average molecular weight is 180 g/mol. The van der Waals surface area contributed by atoms with Crippen molar-refractivity contribution in [2.75, 3.05) is 0 Å². The molecular weight excluding hydrogens is 172 g/mol. The van der Waals surface area contributed by atoms with Crippen molar-refractivity contribution in [1.29, 1.82) is 0 Å². The van der Waals surface area contributed by atoms with Gasteiger partial charge in [-0.05, 0) is 12.1 Å². The number of hydrogen-bond acceptors (Lipinski definition) is 4. The van der Waals surface area contributed by atoms with Crippen molar-refractivity contribution in [3.05, 3.63) is 30.9 Å². The standard InChI is InChI=1S/C9H8O4/c1-2-8(11)13-7-5-3-4-6(10)9(7)12/h2-5,10,12H,1H2. The van der Waals surface area contributed by atoms with Crippen LogP contribution in [0, 0.1) is 0 Å². The van der Waals surface area contributed by atoms with E-state index in [2.05, 4.69) is 11.3 Å². The highest BCUT2D eigenvalue weighted by Crippen LogP contribution is 2.34. The van der Waals surface area contributed by atoms with E-state index in [0.29, 0.717) is 0 Å². The topological polar surface area (TPSA) is 66.8 Å². The van der Waals surface area contributed by atoms with Crippen LogP contribution in [0.2, 0.25) is 0 Å². The van der Waals surface area contributed by atoms with Gasteiger partial charge in [0, 0.05) is 6.08 Å². The van der Waals surface area contributed by atoms with E-state index in [1.807, 2.05) is 0 Å². The highest BCUT2D eigenvalue weighted by molar-refractivity contribution is 5.84. The Morgan fingerprint density at radius 1 is 1.46 bits per heavy atom. The highest BCUT2D eigenvalue weighted by Gasteiger charge is 2.08. The van der Waals surface area contributed by atoms with Gasteiger partial charge in [0.1, 0.15) is 0 Å². The van der Waals surface area contributed by atoms with Gasteiger partial charge in [0.15, 0.2) is 11.5 Å². The van der Waals surface area contributed by atoms with Gasteiger partial charge in [-0.25, -0.2) is 4.79 Å². The van der Waals surface area contributed by atoms with Crippen molar-refractivity contribution in [2.24, 2.45) is 0 Å². The van der Waals surface area contributed by atoms with Crippen molar-refractivity contribution in [3.8, 4) is 17.2 Å². The minimum atomic E-state index is -0.694. The molecule has 1 aromatic carbocycles. The van der Waals surface area contributed by atoms with Crippen molar-refractivity contribution in [3.63, 3.8) is 0 Å². The molecule has 0 saturated heterocycles. The van der Waals surface area contributed by atoms with Crippen LogP contribution in [0.4, 0.5) is 0 Å². The van der Waals surface area contributed by atoms with Gasteiger partial charge in [0.25, 0.3) is 0 Å². The zero-order chi connectivity index (χ0) is 9.84. The lowest BCUT2D eigenvalue weighted by atomic mass is 10.3. The summed E-state index contributed by atoms with van der Waals surface area (Å²) in [6, 6.07) is 4.08. The molecule has 0 radical (unpaired) electrons. The largest absolute Gasteiger partial charge is 0.504 e. The second kappa shape index (κ2) is 3.62. The van der Waals surface area contributed by atoms with Gasteiger partial charge >= 0.3 is 5.97 Å². The molecule has 0 aromatic heterocycles. The molecule has 1 rings (SSSR count). The van der Waals surface area contributed by atoms with Crippen LogP contribution < -0.4 is 4.74 Å². The molecule has 0 amide bonds. The molecule has 2 N–H and O–H groups in total. The Morgan fingerprint density at radius 3 is 2.77 bits per heavy atom. The first kappa shape index (κ1) is 9.12. The number of phenolic OH excluding ortho intramolecular Hbond substituents is 2. The van der Waals surface area contributed by atoms with E-state index in [9.17, 15) is 9.90 Å². The quantitative estimate of drug-likeness (QED) is 0.310. The second-order valence-corrected chi connectivity index (χ2v) is 2.25. The van der Waals surface area contributed by atoms with E-state index < -0.39 is 11.7 Å². The monoisotopic (exact) mass is 180 g/mol. The van der Waals surface area contributed by atoms with Gasteiger partial charge in [-0.3, -0.25) is 0 Å². The SMILES string of the molecule is C=CC(=O)Oc1cccc(O)c1O. The van der Waals surface area contributed by atoms with Crippen LogP contribution in [0.15, 0.2) is 30.9 Å². The van der Waals surface area contributed by atoms with E-state index in [-0.39, 0.29) is 11.5 Å². The first-order valence-corrected chi connectivity index (χ1v) is 3.50. The highest BCUT2D eigenvalue weighted by atomic mass is 16.5. The lowest BCUT2D eigenvalue weighted by Crippen LogP contribution is -2.02. The molecule has 0 heterocycles. The molecule has 4 heteroatoms. The summed E-state index contributed by atoms with van der Waals surface area (Å²) >= 11 is 0. The molecule has 0 fully saturated rings. The summed E-state index contributed by atoms with van der Waals surface area (Å²) < 4.78 is 4.61. The summed E-state index contributed by atoms with van der Waals surface area (Å²) in [5, 5.41) is 18.2. The lowest BCUT2D eigenvalue weighted by Gasteiger charge is -2.04. The molecule has 0 saturated carbocycles. The first-order valence-electron chi connectivity index (χ1n) is 3.50. The average Bonchev–Trinajstić information content (AvgIpc) is 2.13. The summed E-state index contributed by atoms with van der Waals surface area (Å²) in [5.41, 5.74) is 0. The number of phenols is 2. The van der Waals surface area contributed by atoms with Crippen LogP contribution in [0.1, 0.15) is 0 Å². The second-order valence-electron chi connectivity index (χ2n) is 2.25. The Morgan fingerprint density at radius 2 is 2.15 bits per heavy atom. The smallest absolute Gasteiger partial charge is 0.335 e. The number of carbonyl (C=O) groups excluding carboxylic acids is 1. The molecule has 1 aromatic rings. The van der Waals surface area contributed by atoms with E-state index >= 15 is 0 Å². The van der Waals surface area contributed by atoms with Crippen LogP contribution in [0.25, 0.3) is 0 Å². The molecule has 0 bridgehead atoms.